The first-order chi connectivity index (χ1) is 12.8. The number of carbonyl (C=O) groups is 3. The number of nitrogens with zero attached hydrogens (tertiary/aromatic N) is 2. The lowest BCUT2D eigenvalue weighted by atomic mass is 10.1. The molecule has 0 unspecified atom stereocenters. The monoisotopic (exact) mass is 367 g/mol. The molecular weight excluding hydrogens is 350 g/mol. The van der Waals surface area contributed by atoms with Crippen LogP contribution in [0.5, 0.6) is 0 Å². The Bertz CT molecular complexity index is 942. The first-order valence-electron chi connectivity index (χ1n) is 8.33. The molecule has 0 saturated heterocycles. The number of nitro benzene ring substituents is 1. The molecule has 0 radical (unpaired) electrons. The van der Waals surface area contributed by atoms with Crippen LogP contribution in [0.3, 0.4) is 0 Å². The van der Waals surface area contributed by atoms with E-state index in [-0.39, 0.29) is 17.2 Å². The van der Waals surface area contributed by atoms with Gasteiger partial charge in [-0.25, -0.2) is 0 Å². The molecule has 8 heteroatoms. The number of nitro groups is 1. The normalized spacial score (nSPS) is 15.3. The van der Waals surface area contributed by atoms with E-state index in [1.165, 1.54) is 19.1 Å². The van der Waals surface area contributed by atoms with Gasteiger partial charge in [-0.15, -0.1) is 0 Å². The van der Waals surface area contributed by atoms with Crippen molar-refractivity contribution < 1.29 is 19.3 Å². The van der Waals surface area contributed by atoms with Crippen LogP contribution in [0, 0.1) is 10.1 Å². The molecule has 3 rings (SSSR count). The van der Waals surface area contributed by atoms with Gasteiger partial charge < -0.3 is 5.32 Å². The molecule has 0 fully saturated rings. The smallest absolute Gasteiger partial charge is 0.282 e. The van der Waals surface area contributed by atoms with Crippen molar-refractivity contribution in [2.24, 2.45) is 0 Å². The van der Waals surface area contributed by atoms with Gasteiger partial charge in [-0.2, -0.15) is 0 Å². The van der Waals surface area contributed by atoms with Crippen molar-refractivity contribution in [2.45, 2.75) is 25.9 Å². The topological polar surface area (TPSA) is 110 Å². The summed E-state index contributed by atoms with van der Waals surface area (Å²) in [5.41, 5.74) is 0.0860. The van der Waals surface area contributed by atoms with E-state index in [0.717, 1.165) is 16.5 Å². The van der Waals surface area contributed by atoms with E-state index in [2.05, 4.69) is 5.32 Å². The molecule has 1 N–H and O–H groups in total. The number of nitrogens with one attached hydrogen (secondary N) is 1. The van der Waals surface area contributed by atoms with Crippen molar-refractivity contribution >= 4 is 23.4 Å². The zero-order valence-electron chi connectivity index (χ0n) is 14.7. The SMILES string of the molecule is C[C@H](NC(=O)[C@H](C)N1C(=O)c2cccc([N+](=O)[O-])c2C1=O)c1ccccc1. The van der Waals surface area contributed by atoms with Crippen LogP contribution in [0.25, 0.3) is 0 Å². The van der Waals surface area contributed by atoms with Gasteiger partial charge >= 0.3 is 0 Å². The average Bonchev–Trinajstić information content (AvgIpc) is 2.92. The quantitative estimate of drug-likeness (QED) is 0.496. The van der Waals surface area contributed by atoms with Crippen molar-refractivity contribution in [3.8, 4) is 0 Å². The summed E-state index contributed by atoms with van der Waals surface area (Å²) >= 11 is 0. The van der Waals surface area contributed by atoms with Gasteiger partial charge in [0.25, 0.3) is 17.5 Å². The molecule has 138 valence electrons. The van der Waals surface area contributed by atoms with Crippen LogP contribution in [0.1, 0.15) is 46.2 Å². The Hall–Kier alpha value is -3.55. The maximum atomic E-state index is 12.7. The minimum atomic E-state index is -1.11. The molecule has 0 saturated carbocycles. The number of hydrogen-bond acceptors (Lipinski definition) is 5. The summed E-state index contributed by atoms with van der Waals surface area (Å²) in [6.07, 6.45) is 0. The lowest BCUT2D eigenvalue weighted by molar-refractivity contribution is -0.385. The Morgan fingerprint density at radius 3 is 2.33 bits per heavy atom. The Kier molecular flexibility index (Phi) is 4.72. The lowest BCUT2D eigenvalue weighted by Gasteiger charge is -2.24. The summed E-state index contributed by atoms with van der Waals surface area (Å²) < 4.78 is 0. The summed E-state index contributed by atoms with van der Waals surface area (Å²) in [6.45, 7) is 3.20. The van der Waals surface area contributed by atoms with Crippen molar-refractivity contribution in [1.82, 2.24) is 10.2 Å². The molecule has 0 spiro atoms. The highest BCUT2D eigenvalue weighted by Crippen LogP contribution is 2.32. The molecule has 0 aliphatic carbocycles. The lowest BCUT2D eigenvalue weighted by Crippen LogP contribution is -2.48. The van der Waals surface area contributed by atoms with E-state index in [1.807, 2.05) is 30.3 Å². The molecule has 1 aliphatic rings. The summed E-state index contributed by atoms with van der Waals surface area (Å²) in [5.74, 6) is -2.07. The van der Waals surface area contributed by atoms with E-state index in [9.17, 15) is 24.5 Å². The Labute approximate surface area is 154 Å². The largest absolute Gasteiger partial charge is 0.348 e. The molecule has 2 aromatic rings. The highest BCUT2D eigenvalue weighted by atomic mass is 16.6. The zero-order valence-corrected chi connectivity index (χ0v) is 14.7. The highest BCUT2D eigenvalue weighted by Gasteiger charge is 2.44. The van der Waals surface area contributed by atoms with Crippen LogP contribution in [0.2, 0.25) is 0 Å². The fraction of sp³-hybridized carbons (Fsp3) is 0.211. The summed E-state index contributed by atoms with van der Waals surface area (Å²) in [6, 6.07) is 11.6. The van der Waals surface area contributed by atoms with E-state index >= 15 is 0 Å². The Morgan fingerprint density at radius 1 is 1.04 bits per heavy atom. The molecular formula is C19H17N3O5. The van der Waals surface area contributed by atoms with E-state index in [1.54, 1.807) is 6.92 Å². The minimum absolute atomic E-state index is 0.0649. The van der Waals surface area contributed by atoms with Gasteiger partial charge in [-0.3, -0.25) is 29.4 Å². The van der Waals surface area contributed by atoms with Gasteiger partial charge in [-0.05, 0) is 25.5 Å². The van der Waals surface area contributed by atoms with Crippen molar-refractivity contribution in [3.63, 3.8) is 0 Å². The predicted octanol–water partition coefficient (Wildman–Crippen LogP) is 2.46. The van der Waals surface area contributed by atoms with Gasteiger partial charge in [-0.1, -0.05) is 36.4 Å². The number of carbonyl (C=O) groups excluding carboxylic acids is 3. The first-order valence-corrected chi connectivity index (χ1v) is 8.33. The second-order valence-electron chi connectivity index (χ2n) is 6.25. The van der Waals surface area contributed by atoms with Crippen LogP contribution < -0.4 is 5.32 Å². The number of fused-ring (bicyclic) bond motifs is 1. The number of rotatable bonds is 5. The van der Waals surface area contributed by atoms with Gasteiger partial charge in [0.15, 0.2) is 0 Å². The number of benzene rings is 2. The third-order valence-electron chi connectivity index (χ3n) is 4.55. The first kappa shape index (κ1) is 18.2. The van der Waals surface area contributed by atoms with E-state index in [4.69, 9.17) is 0 Å². The van der Waals surface area contributed by atoms with Crippen molar-refractivity contribution in [1.29, 1.82) is 0 Å². The third kappa shape index (κ3) is 3.17. The maximum absolute atomic E-state index is 12.7. The molecule has 2 atom stereocenters. The van der Waals surface area contributed by atoms with Gasteiger partial charge in [0.1, 0.15) is 11.6 Å². The van der Waals surface area contributed by atoms with Crippen LogP contribution >= 0.6 is 0 Å². The summed E-state index contributed by atoms with van der Waals surface area (Å²) in [7, 11) is 0. The van der Waals surface area contributed by atoms with E-state index in [0.29, 0.717) is 0 Å². The standard InChI is InChI=1S/C19H17N3O5/c1-11(13-7-4-3-5-8-13)20-17(23)12(2)21-18(24)14-9-6-10-15(22(26)27)16(14)19(21)25/h3-12H,1-2H3,(H,20,23)/t11-,12-/m0/s1. The molecule has 1 aliphatic heterocycles. The summed E-state index contributed by atoms with van der Waals surface area (Å²) in [5, 5.41) is 13.9. The Balaban J connectivity index is 1.83. The molecule has 0 aromatic heterocycles. The Morgan fingerprint density at radius 2 is 1.70 bits per heavy atom. The van der Waals surface area contributed by atoms with Gasteiger partial charge in [0.2, 0.25) is 5.91 Å². The number of imide groups is 1. The van der Waals surface area contributed by atoms with Gasteiger partial charge in [0, 0.05) is 6.07 Å². The highest BCUT2D eigenvalue weighted by molar-refractivity contribution is 6.24. The zero-order chi connectivity index (χ0) is 19.7. The third-order valence-corrected chi connectivity index (χ3v) is 4.55. The number of amides is 3. The second-order valence-corrected chi connectivity index (χ2v) is 6.25. The predicted molar refractivity (Wildman–Crippen MR) is 96.1 cm³/mol. The molecule has 0 bridgehead atoms. The van der Waals surface area contributed by atoms with Crippen molar-refractivity contribution in [3.05, 3.63) is 75.3 Å². The fourth-order valence-corrected chi connectivity index (χ4v) is 3.07. The molecule has 1 heterocycles. The van der Waals surface area contributed by atoms with Crippen molar-refractivity contribution in [2.75, 3.05) is 0 Å². The molecule has 2 aromatic carbocycles. The fourth-order valence-electron chi connectivity index (χ4n) is 3.07. The second kappa shape index (κ2) is 6.99. The van der Waals surface area contributed by atoms with Crippen LogP contribution in [0.15, 0.2) is 48.5 Å². The van der Waals surface area contributed by atoms with E-state index < -0.39 is 34.4 Å². The molecule has 3 amide bonds. The number of hydrogen-bond donors (Lipinski definition) is 1. The average molecular weight is 367 g/mol. The molecule has 8 nitrogen and oxygen atoms in total. The minimum Gasteiger partial charge on any atom is -0.348 e. The van der Waals surface area contributed by atoms with Crippen LogP contribution in [-0.4, -0.2) is 33.6 Å². The maximum Gasteiger partial charge on any atom is 0.282 e. The van der Waals surface area contributed by atoms with Crippen LogP contribution in [0.4, 0.5) is 5.69 Å². The molecule has 27 heavy (non-hydrogen) atoms. The van der Waals surface area contributed by atoms with Gasteiger partial charge in [0.05, 0.1) is 16.5 Å². The van der Waals surface area contributed by atoms with Crippen LogP contribution in [-0.2, 0) is 4.79 Å². The summed E-state index contributed by atoms with van der Waals surface area (Å²) in [4.78, 5) is 49.1.